The van der Waals surface area contributed by atoms with Gasteiger partial charge in [-0.3, -0.25) is 0 Å². The number of carbonyl (C=O) groups is 1. The topological polar surface area (TPSA) is 51.7 Å². The normalized spacial score (nSPS) is 11.9. The molecule has 1 heterocycles. The van der Waals surface area contributed by atoms with E-state index < -0.39 is 23.3 Å². The predicted octanol–water partition coefficient (Wildman–Crippen LogP) is 8.82. The first-order chi connectivity index (χ1) is 20.2. The van der Waals surface area contributed by atoms with Gasteiger partial charge in [-0.25, -0.2) is 14.2 Å². The highest BCUT2D eigenvalue weighted by Crippen LogP contribution is 2.38. The summed E-state index contributed by atoms with van der Waals surface area (Å²) in [6.45, 7) is 11.9. The van der Waals surface area contributed by atoms with Gasteiger partial charge < -0.3 is 14.4 Å². The van der Waals surface area contributed by atoms with E-state index in [1.165, 1.54) is 35.6 Å². The van der Waals surface area contributed by atoms with Crippen LogP contribution in [0.15, 0.2) is 60.7 Å². The Hall–Kier alpha value is -3.92. The average Bonchev–Trinajstić information content (AvgIpc) is 3.33. The molecule has 0 saturated carbocycles. The van der Waals surface area contributed by atoms with Crippen molar-refractivity contribution in [3.05, 3.63) is 100.0 Å². The highest BCUT2D eigenvalue weighted by atomic mass is 32.1. The Kier molecular flexibility index (Phi) is 9.49. The zero-order chi connectivity index (χ0) is 31.5. The Labute approximate surface area is 253 Å². The van der Waals surface area contributed by atoms with E-state index in [4.69, 9.17) is 9.47 Å². The zero-order valence-corrected chi connectivity index (χ0v) is 25.8. The zero-order valence-electron chi connectivity index (χ0n) is 24.9. The molecule has 4 rings (SSSR count). The molecule has 0 aliphatic rings. The summed E-state index contributed by atoms with van der Waals surface area (Å²) < 4.78 is 64.2. The van der Waals surface area contributed by atoms with E-state index in [9.17, 15) is 22.4 Å². The van der Waals surface area contributed by atoms with E-state index in [1.54, 1.807) is 32.9 Å². The van der Waals surface area contributed by atoms with Crippen molar-refractivity contribution in [1.82, 2.24) is 4.98 Å². The summed E-state index contributed by atoms with van der Waals surface area (Å²) >= 11 is 1.39. The van der Waals surface area contributed by atoms with E-state index in [-0.39, 0.29) is 12.4 Å². The Morgan fingerprint density at radius 2 is 1.49 bits per heavy atom. The first kappa shape index (κ1) is 32.0. The summed E-state index contributed by atoms with van der Waals surface area (Å²) in [6, 6.07) is 15.2. The van der Waals surface area contributed by atoms with Crippen molar-refractivity contribution in [3.8, 4) is 16.3 Å². The van der Waals surface area contributed by atoms with Crippen molar-refractivity contribution in [1.29, 1.82) is 0 Å². The Morgan fingerprint density at radius 1 is 0.907 bits per heavy atom. The van der Waals surface area contributed by atoms with Crippen LogP contribution in [-0.4, -0.2) is 23.2 Å². The second-order valence-corrected chi connectivity index (χ2v) is 11.8. The highest BCUT2D eigenvalue weighted by Gasteiger charge is 2.33. The molecule has 4 aromatic rings. The predicted molar refractivity (Wildman–Crippen MR) is 161 cm³/mol. The SMILES string of the molecule is CCOC(=O)C(C)(C)Oc1c(C)cc(CN(Cc2ccc(F)cc2)c2sc(-c3ccc(C(F)(F)F)cc3)nc2C)cc1C. The van der Waals surface area contributed by atoms with Gasteiger partial charge in [0.2, 0.25) is 0 Å². The monoisotopic (exact) mass is 614 g/mol. The number of hydrogen-bond acceptors (Lipinski definition) is 6. The van der Waals surface area contributed by atoms with E-state index in [1.807, 2.05) is 32.9 Å². The number of benzene rings is 3. The number of halogens is 4. The maximum Gasteiger partial charge on any atom is 0.416 e. The molecule has 0 radical (unpaired) electrons. The van der Waals surface area contributed by atoms with Gasteiger partial charge in [0.05, 0.1) is 17.9 Å². The van der Waals surface area contributed by atoms with Gasteiger partial charge in [-0.15, -0.1) is 0 Å². The van der Waals surface area contributed by atoms with Gasteiger partial charge in [-0.05, 0) is 88.1 Å². The van der Waals surface area contributed by atoms with Crippen molar-refractivity contribution in [2.75, 3.05) is 11.5 Å². The second kappa shape index (κ2) is 12.8. The lowest BCUT2D eigenvalue weighted by Crippen LogP contribution is -2.40. The lowest BCUT2D eigenvalue weighted by Gasteiger charge is -2.28. The number of alkyl halides is 3. The third-order valence-corrected chi connectivity index (χ3v) is 8.09. The van der Waals surface area contributed by atoms with E-state index in [2.05, 4.69) is 9.88 Å². The second-order valence-electron chi connectivity index (χ2n) is 10.9. The summed E-state index contributed by atoms with van der Waals surface area (Å²) in [7, 11) is 0. The number of thiazole rings is 1. The van der Waals surface area contributed by atoms with Crippen LogP contribution in [0.2, 0.25) is 0 Å². The molecule has 0 atom stereocenters. The van der Waals surface area contributed by atoms with Crippen molar-refractivity contribution >= 4 is 22.3 Å². The van der Waals surface area contributed by atoms with Crippen LogP contribution in [0.5, 0.6) is 5.75 Å². The number of anilines is 1. The van der Waals surface area contributed by atoms with Crippen LogP contribution in [0.3, 0.4) is 0 Å². The first-order valence-corrected chi connectivity index (χ1v) is 14.6. The van der Waals surface area contributed by atoms with Crippen LogP contribution < -0.4 is 9.64 Å². The average molecular weight is 615 g/mol. The minimum absolute atomic E-state index is 0.254. The molecule has 0 aliphatic carbocycles. The number of aromatic nitrogens is 1. The molecule has 43 heavy (non-hydrogen) atoms. The van der Waals surface area contributed by atoms with Gasteiger partial charge >= 0.3 is 12.1 Å². The minimum Gasteiger partial charge on any atom is -0.476 e. The number of hydrogen-bond donors (Lipinski definition) is 0. The fourth-order valence-corrected chi connectivity index (χ4v) is 5.80. The molecule has 0 N–H and O–H groups in total. The van der Waals surface area contributed by atoms with Gasteiger partial charge in [0.25, 0.3) is 0 Å². The number of ether oxygens (including phenoxy) is 2. The van der Waals surface area contributed by atoms with Crippen molar-refractivity contribution in [3.63, 3.8) is 0 Å². The van der Waals surface area contributed by atoms with Crippen LogP contribution in [0, 0.1) is 26.6 Å². The first-order valence-electron chi connectivity index (χ1n) is 13.8. The molecule has 0 amide bonds. The molecule has 3 aromatic carbocycles. The molecule has 0 spiro atoms. The summed E-state index contributed by atoms with van der Waals surface area (Å²) in [5, 5.41) is 1.45. The van der Waals surface area contributed by atoms with Crippen molar-refractivity contribution in [2.45, 2.75) is 66.4 Å². The summed E-state index contributed by atoms with van der Waals surface area (Å²) in [5.41, 5.74) is 2.98. The third kappa shape index (κ3) is 7.73. The minimum atomic E-state index is -4.42. The lowest BCUT2D eigenvalue weighted by molar-refractivity contribution is -0.158. The Bertz CT molecular complexity index is 1560. The molecule has 1 aromatic heterocycles. The smallest absolute Gasteiger partial charge is 0.416 e. The quantitative estimate of drug-likeness (QED) is 0.132. The van der Waals surface area contributed by atoms with Crippen LogP contribution >= 0.6 is 11.3 Å². The van der Waals surface area contributed by atoms with E-state index >= 15 is 0 Å². The largest absolute Gasteiger partial charge is 0.476 e. The number of nitrogens with zero attached hydrogens (tertiary/aromatic N) is 2. The van der Waals surface area contributed by atoms with Gasteiger partial charge in [0.15, 0.2) is 5.60 Å². The van der Waals surface area contributed by atoms with Crippen LogP contribution in [0.25, 0.3) is 10.6 Å². The van der Waals surface area contributed by atoms with Gasteiger partial charge in [0, 0.05) is 18.7 Å². The van der Waals surface area contributed by atoms with Gasteiger partial charge in [0.1, 0.15) is 21.6 Å². The van der Waals surface area contributed by atoms with E-state index in [0.29, 0.717) is 29.4 Å². The summed E-state index contributed by atoms with van der Waals surface area (Å²) in [4.78, 5) is 19.2. The molecule has 0 unspecified atom stereocenters. The third-order valence-electron chi connectivity index (χ3n) is 6.82. The maximum atomic E-state index is 13.7. The van der Waals surface area contributed by atoms with Crippen molar-refractivity contribution < 1.29 is 31.8 Å². The van der Waals surface area contributed by atoms with Crippen LogP contribution in [0.1, 0.15) is 54.3 Å². The van der Waals surface area contributed by atoms with Crippen LogP contribution in [-0.2, 0) is 28.8 Å². The van der Waals surface area contributed by atoms with Gasteiger partial charge in [-0.1, -0.05) is 47.7 Å². The standard InChI is InChI=1S/C33H34F4N2O3S/c1-7-41-31(40)32(5,6)42-28-20(2)16-24(17-21(28)3)19-39(18-23-8-14-27(34)15-9-23)30-22(4)38-29(43-30)25-10-12-26(13-11-25)33(35,36)37/h8-17H,7,18-19H2,1-6H3. The Balaban J connectivity index is 1.67. The molecular formula is C33H34F4N2O3S. The summed E-state index contributed by atoms with van der Waals surface area (Å²) in [6.07, 6.45) is -4.42. The van der Waals surface area contributed by atoms with Crippen molar-refractivity contribution in [2.24, 2.45) is 0 Å². The molecule has 10 heteroatoms. The number of rotatable bonds is 10. The highest BCUT2D eigenvalue weighted by molar-refractivity contribution is 7.19. The number of aryl methyl sites for hydroxylation is 3. The van der Waals surface area contributed by atoms with E-state index in [0.717, 1.165) is 45.1 Å². The number of esters is 1. The molecule has 0 bridgehead atoms. The molecule has 228 valence electrons. The fraction of sp³-hybridized carbons (Fsp3) is 0.333. The fourth-order valence-electron chi connectivity index (χ4n) is 4.73. The Morgan fingerprint density at radius 3 is 2.05 bits per heavy atom. The lowest BCUT2D eigenvalue weighted by atomic mass is 10.0. The maximum absolute atomic E-state index is 13.7. The van der Waals surface area contributed by atoms with Crippen LogP contribution in [0.4, 0.5) is 22.6 Å². The summed E-state index contributed by atoms with van der Waals surface area (Å²) in [5.74, 6) is -0.181. The van der Waals surface area contributed by atoms with Gasteiger partial charge in [-0.2, -0.15) is 13.2 Å². The molecule has 5 nitrogen and oxygen atoms in total. The molecule has 0 saturated heterocycles. The molecule has 0 fully saturated rings. The molecular weight excluding hydrogens is 580 g/mol. The number of carbonyl (C=O) groups excluding carboxylic acids is 1. The molecule has 0 aliphatic heterocycles.